The van der Waals surface area contributed by atoms with Crippen molar-refractivity contribution in [3.8, 4) is 0 Å². The highest BCUT2D eigenvalue weighted by Crippen LogP contribution is 2.27. The predicted molar refractivity (Wildman–Crippen MR) is 94.7 cm³/mol. The number of aromatic nitrogens is 2. The van der Waals surface area contributed by atoms with Gasteiger partial charge in [0.05, 0.1) is 28.0 Å². The molecule has 25 heavy (non-hydrogen) atoms. The van der Waals surface area contributed by atoms with Crippen molar-refractivity contribution >= 4 is 23.0 Å². The number of hydrogen-bond donors (Lipinski definition) is 1. The zero-order chi connectivity index (χ0) is 18.2. The van der Waals surface area contributed by atoms with E-state index in [-0.39, 0.29) is 23.2 Å². The molecule has 1 atom stereocenters. The van der Waals surface area contributed by atoms with Crippen LogP contribution in [-0.4, -0.2) is 33.2 Å². The Bertz CT molecular complexity index is 809. The van der Waals surface area contributed by atoms with Crippen LogP contribution in [0.4, 0.5) is 17.1 Å². The highest BCUT2D eigenvalue weighted by Gasteiger charge is 2.33. The lowest BCUT2D eigenvalue weighted by Gasteiger charge is -2.19. The molecule has 0 radical (unpaired) electrons. The zero-order valence-electron chi connectivity index (χ0n) is 14.5. The number of nitrogens with zero attached hydrogens (tertiary/aromatic N) is 4. The van der Waals surface area contributed by atoms with Crippen LogP contribution in [-0.2, 0) is 10.3 Å². The number of nitro groups is 1. The van der Waals surface area contributed by atoms with E-state index < -0.39 is 4.92 Å². The van der Waals surface area contributed by atoms with Crippen LogP contribution in [0.15, 0.2) is 36.7 Å². The summed E-state index contributed by atoms with van der Waals surface area (Å²) in [6.07, 6.45) is 4.21. The first-order valence-electron chi connectivity index (χ1n) is 8.13. The molecule has 1 saturated heterocycles. The smallest absolute Gasteiger partial charge is 0.271 e. The molecule has 0 aliphatic carbocycles. The van der Waals surface area contributed by atoms with E-state index in [1.807, 2.05) is 10.9 Å². The third-order valence-electron chi connectivity index (χ3n) is 4.17. The number of carbonyl (C=O) groups excluding carboxylic acids is 1. The van der Waals surface area contributed by atoms with Crippen molar-refractivity contribution in [2.75, 3.05) is 16.8 Å². The quantitative estimate of drug-likeness (QED) is 0.680. The average molecular weight is 343 g/mol. The number of benzene rings is 1. The third kappa shape index (κ3) is 3.47. The van der Waals surface area contributed by atoms with E-state index in [0.717, 1.165) is 5.69 Å². The fourth-order valence-corrected chi connectivity index (χ4v) is 2.81. The summed E-state index contributed by atoms with van der Waals surface area (Å²) in [4.78, 5) is 24.7. The van der Waals surface area contributed by atoms with Crippen molar-refractivity contribution in [1.29, 1.82) is 0 Å². The third-order valence-corrected chi connectivity index (χ3v) is 4.17. The Hall–Kier alpha value is -2.90. The van der Waals surface area contributed by atoms with Gasteiger partial charge in [0.25, 0.3) is 5.69 Å². The minimum absolute atomic E-state index is 0.0202. The molecule has 132 valence electrons. The molecule has 1 aromatic carbocycles. The molecule has 1 fully saturated rings. The minimum atomic E-state index is -0.458. The largest absolute Gasteiger partial charge is 0.371 e. The summed E-state index contributed by atoms with van der Waals surface area (Å²) in [5.74, 6) is -0.0935. The second kappa shape index (κ2) is 6.19. The summed E-state index contributed by atoms with van der Waals surface area (Å²) in [6, 6.07) is 5.79. The molecule has 2 heterocycles. The fraction of sp³-hybridized carbons (Fsp3) is 0.412. The molecule has 1 unspecified atom stereocenters. The van der Waals surface area contributed by atoms with Gasteiger partial charge in [0.15, 0.2) is 0 Å². The second-order valence-corrected chi connectivity index (χ2v) is 7.10. The van der Waals surface area contributed by atoms with Crippen molar-refractivity contribution in [1.82, 2.24) is 9.78 Å². The lowest BCUT2D eigenvalue weighted by Crippen LogP contribution is -2.33. The Morgan fingerprint density at radius 1 is 1.36 bits per heavy atom. The van der Waals surface area contributed by atoms with Crippen LogP contribution < -0.4 is 10.2 Å². The van der Waals surface area contributed by atoms with E-state index in [1.54, 1.807) is 23.2 Å². The van der Waals surface area contributed by atoms with Crippen molar-refractivity contribution in [3.05, 3.63) is 46.8 Å². The van der Waals surface area contributed by atoms with Gasteiger partial charge in [-0.2, -0.15) is 5.10 Å². The number of rotatable bonds is 4. The van der Waals surface area contributed by atoms with Crippen LogP contribution in [0.25, 0.3) is 0 Å². The van der Waals surface area contributed by atoms with Gasteiger partial charge >= 0.3 is 0 Å². The summed E-state index contributed by atoms with van der Waals surface area (Å²) in [6.45, 7) is 6.67. The molecule has 1 aliphatic heterocycles. The second-order valence-electron chi connectivity index (χ2n) is 7.10. The summed E-state index contributed by atoms with van der Waals surface area (Å²) in [7, 11) is 0. The molecule has 1 aromatic heterocycles. The van der Waals surface area contributed by atoms with Gasteiger partial charge in [0.2, 0.25) is 5.91 Å². The van der Waals surface area contributed by atoms with Crippen LogP contribution >= 0.6 is 0 Å². The van der Waals surface area contributed by atoms with Gasteiger partial charge in [-0.05, 0) is 33.3 Å². The van der Waals surface area contributed by atoms with Gasteiger partial charge < -0.3 is 10.2 Å². The molecule has 8 heteroatoms. The number of nitrogens with one attached hydrogen (secondary N) is 1. The molecule has 1 amide bonds. The van der Waals surface area contributed by atoms with Gasteiger partial charge in [-0.3, -0.25) is 19.6 Å². The SMILES string of the molecule is CC(C)(C)n1cc(NC2CCN(c3cccc([N+](=O)[O-])c3)C2=O)cn1. The summed E-state index contributed by atoms with van der Waals surface area (Å²) in [5.41, 5.74) is 1.19. The Kier molecular flexibility index (Phi) is 4.20. The highest BCUT2D eigenvalue weighted by atomic mass is 16.6. The number of non-ortho nitro benzene ring substituents is 1. The van der Waals surface area contributed by atoms with E-state index in [4.69, 9.17) is 0 Å². The first kappa shape index (κ1) is 16.9. The molecular formula is C17H21N5O3. The van der Waals surface area contributed by atoms with Crippen LogP contribution in [0, 0.1) is 10.1 Å². The van der Waals surface area contributed by atoms with E-state index in [9.17, 15) is 14.9 Å². The highest BCUT2D eigenvalue weighted by molar-refractivity contribution is 6.01. The molecule has 0 saturated carbocycles. The van der Waals surface area contributed by atoms with E-state index in [0.29, 0.717) is 18.7 Å². The molecule has 3 rings (SSSR count). The van der Waals surface area contributed by atoms with Crippen molar-refractivity contribution in [2.45, 2.75) is 38.8 Å². The predicted octanol–water partition coefficient (Wildman–Crippen LogP) is 2.76. The van der Waals surface area contributed by atoms with Gasteiger partial charge in [-0.25, -0.2) is 0 Å². The molecule has 8 nitrogen and oxygen atoms in total. The standard InChI is InChI=1S/C17H21N5O3/c1-17(2,3)21-11-12(10-18-21)19-15-7-8-20(16(15)23)13-5-4-6-14(9-13)22(24)25/h4-6,9-11,15,19H,7-8H2,1-3H3. The molecule has 0 spiro atoms. The molecule has 1 N–H and O–H groups in total. The van der Waals surface area contributed by atoms with Crippen molar-refractivity contribution < 1.29 is 9.72 Å². The molecule has 2 aromatic rings. The molecule has 1 aliphatic rings. The fourth-order valence-electron chi connectivity index (χ4n) is 2.81. The van der Waals surface area contributed by atoms with Crippen LogP contribution in [0.5, 0.6) is 0 Å². The van der Waals surface area contributed by atoms with Gasteiger partial charge in [-0.1, -0.05) is 6.07 Å². The van der Waals surface area contributed by atoms with Crippen LogP contribution in [0.2, 0.25) is 0 Å². The summed E-state index contributed by atoms with van der Waals surface area (Å²) >= 11 is 0. The van der Waals surface area contributed by atoms with Gasteiger partial charge in [-0.15, -0.1) is 0 Å². The number of nitro benzene ring substituents is 1. The zero-order valence-corrected chi connectivity index (χ0v) is 14.5. The normalized spacial score (nSPS) is 17.8. The Balaban J connectivity index is 1.73. The monoisotopic (exact) mass is 343 g/mol. The van der Waals surface area contributed by atoms with Crippen molar-refractivity contribution in [2.24, 2.45) is 0 Å². The van der Waals surface area contributed by atoms with E-state index >= 15 is 0 Å². The lowest BCUT2D eigenvalue weighted by molar-refractivity contribution is -0.384. The number of amides is 1. The molecule has 0 bridgehead atoms. The maximum atomic E-state index is 12.7. The topological polar surface area (TPSA) is 93.3 Å². The number of hydrogen-bond acceptors (Lipinski definition) is 5. The summed E-state index contributed by atoms with van der Waals surface area (Å²) < 4.78 is 1.84. The summed E-state index contributed by atoms with van der Waals surface area (Å²) in [5, 5.41) is 18.4. The Morgan fingerprint density at radius 2 is 2.12 bits per heavy atom. The Labute approximate surface area is 145 Å². The van der Waals surface area contributed by atoms with Crippen molar-refractivity contribution in [3.63, 3.8) is 0 Å². The lowest BCUT2D eigenvalue weighted by atomic mass is 10.1. The first-order valence-corrected chi connectivity index (χ1v) is 8.13. The van der Waals surface area contributed by atoms with Gasteiger partial charge in [0, 0.05) is 24.9 Å². The minimum Gasteiger partial charge on any atom is -0.371 e. The Morgan fingerprint density at radius 3 is 2.76 bits per heavy atom. The number of carbonyl (C=O) groups is 1. The van der Waals surface area contributed by atoms with E-state index in [2.05, 4.69) is 31.2 Å². The number of anilines is 2. The van der Waals surface area contributed by atoms with Crippen LogP contribution in [0.3, 0.4) is 0 Å². The first-order chi connectivity index (χ1) is 11.8. The van der Waals surface area contributed by atoms with Gasteiger partial charge in [0.1, 0.15) is 6.04 Å². The maximum absolute atomic E-state index is 12.7. The molecular weight excluding hydrogens is 322 g/mol. The average Bonchev–Trinajstić information content (AvgIpc) is 3.15. The van der Waals surface area contributed by atoms with Crippen LogP contribution in [0.1, 0.15) is 27.2 Å². The van der Waals surface area contributed by atoms with E-state index in [1.165, 1.54) is 12.1 Å². The maximum Gasteiger partial charge on any atom is 0.271 e.